The van der Waals surface area contributed by atoms with E-state index in [1.54, 1.807) is 33.9 Å². The second kappa shape index (κ2) is 8.05. The summed E-state index contributed by atoms with van der Waals surface area (Å²) in [4.78, 5) is 31.3. The number of aromatic nitrogens is 3. The highest BCUT2D eigenvalue weighted by Crippen LogP contribution is 2.25. The number of amides is 1. The van der Waals surface area contributed by atoms with E-state index in [-0.39, 0.29) is 17.9 Å². The van der Waals surface area contributed by atoms with Crippen LogP contribution in [0.3, 0.4) is 0 Å². The lowest BCUT2D eigenvalue weighted by Gasteiger charge is -2.38. The molecule has 2 aromatic heterocycles. The molecule has 0 unspecified atom stereocenters. The predicted octanol–water partition coefficient (Wildman–Crippen LogP) is 3.09. The van der Waals surface area contributed by atoms with Gasteiger partial charge in [-0.25, -0.2) is 14.2 Å². The van der Waals surface area contributed by atoms with Gasteiger partial charge >= 0.3 is 6.09 Å². The first kappa shape index (κ1) is 22.0. The fourth-order valence-electron chi connectivity index (χ4n) is 3.88. The number of rotatable bonds is 3. The van der Waals surface area contributed by atoms with Gasteiger partial charge < -0.3 is 19.3 Å². The van der Waals surface area contributed by atoms with E-state index in [1.807, 2.05) is 20.8 Å². The Hall–Kier alpha value is -3.20. The van der Waals surface area contributed by atoms with Crippen LogP contribution in [0.1, 0.15) is 33.6 Å². The molecule has 0 bridgehead atoms. The minimum Gasteiger partial charge on any atom is -0.444 e. The lowest BCUT2D eigenvalue weighted by Crippen LogP contribution is -2.50. The molecule has 9 heteroatoms. The third-order valence-corrected chi connectivity index (χ3v) is 5.59. The second-order valence-electron chi connectivity index (χ2n) is 9.27. The van der Waals surface area contributed by atoms with Gasteiger partial charge in [0.25, 0.3) is 5.56 Å². The summed E-state index contributed by atoms with van der Waals surface area (Å²) in [6, 6.07) is 7.59. The maximum absolute atomic E-state index is 13.2. The summed E-state index contributed by atoms with van der Waals surface area (Å²) >= 11 is 0. The zero-order chi connectivity index (χ0) is 23.1. The predicted molar refractivity (Wildman–Crippen MR) is 117 cm³/mol. The highest BCUT2D eigenvalue weighted by Gasteiger charge is 2.36. The van der Waals surface area contributed by atoms with Gasteiger partial charge in [-0.3, -0.25) is 9.36 Å². The Kier molecular flexibility index (Phi) is 5.54. The lowest BCUT2D eigenvalue weighted by molar-refractivity contribution is -0.0419. The third-order valence-electron chi connectivity index (χ3n) is 5.59. The minimum absolute atomic E-state index is 0.0820. The van der Waals surface area contributed by atoms with Crippen molar-refractivity contribution in [2.24, 2.45) is 0 Å². The number of piperidine rings is 1. The zero-order valence-electron chi connectivity index (χ0n) is 18.4. The molecule has 3 aromatic rings. The van der Waals surface area contributed by atoms with Crippen molar-refractivity contribution in [3.05, 3.63) is 59.0 Å². The van der Waals surface area contributed by atoms with Crippen molar-refractivity contribution < 1.29 is 19.0 Å². The summed E-state index contributed by atoms with van der Waals surface area (Å²) in [5.41, 5.74) is -0.816. The lowest BCUT2D eigenvalue weighted by atomic mass is 9.91. The zero-order valence-corrected chi connectivity index (χ0v) is 18.4. The molecule has 4 rings (SSSR count). The molecule has 1 aliphatic heterocycles. The minimum atomic E-state index is -1.13. The Morgan fingerprint density at radius 2 is 1.84 bits per heavy atom. The fraction of sp³-hybridized carbons (Fsp3) is 0.435. The Morgan fingerprint density at radius 1 is 1.19 bits per heavy atom. The normalized spacial score (nSPS) is 16.3. The van der Waals surface area contributed by atoms with Crippen molar-refractivity contribution in [3.8, 4) is 5.69 Å². The Morgan fingerprint density at radius 3 is 2.47 bits per heavy atom. The number of ether oxygens (including phenoxy) is 1. The molecule has 1 aliphatic rings. The maximum Gasteiger partial charge on any atom is 0.410 e. The van der Waals surface area contributed by atoms with Crippen LogP contribution in [-0.4, -0.2) is 54.5 Å². The number of aliphatic hydroxyl groups is 1. The summed E-state index contributed by atoms with van der Waals surface area (Å²) < 4.78 is 21.7. The highest BCUT2D eigenvalue weighted by atomic mass is 19.1. The number of likely N-dealkylation sites (tertiary alicyclic amines) is 1. The van der Waals surface area contributed by atoms with E-state index < -0.39 is 17.3 Å². The molecule has 32 heavy (non-hydrogen) atoms. The van der Waals surface area contributed by atoms with E-state index in [2.05, 4.69) is 4.98 Å². The Balaban J connectivity index is 1.50. The van der Waals surface area contributed by atoms with Gasteiger partial charge in [-0.15, -0.1) is 0 Å². The third kappa shape index (κ3) is 4.52. The number of hydrogen-bond donors (Lipinski definition) is 1. The van der Waals surface area contributed by atoms with Crippen molar-refractivity contribution in [1.29, 1.82) is 0 Å². The quantitative estimate of drug-likeness (QED) is 0.673. The van der Waals surface area contributed by atoms with Crippen LogP contribution in [0, 0.1) is 5.82 Å². The SMILES string of the molecule is CC(C)(C)OC(=O)N1CCC(O)(Cn2cnc3c(ccn3-c3ccc(F)cc3)c2=O)CC1. The summed E-state index contributed by atoms with van der Waals surface area (Å²) in [6.07, 6.45) is 3.38. The fourth-order valence-corrected chi connectivity index (χ4v) is 3.88. The van der Waals surface area contributed by atoms with E-state index in [0.29, 0.717) is 42.7 Å². The number of hydrogen-bond acceptors (Lipinski definition) is 5. The van der Waals surface area contributed by atoms with Crippen LogP contribution < -0.4 is 5.56 Å². The van der Waals surface area contributed by atoms with Crippen LogP contribution in [0.25, 0.3) is 16.7 Å². The van der Waals surface area contributed by atoms with Gasteiger partial charge in [0.15, 0.2) is 5.65 Å². The molecule has 1 aromatic carbocycles. The Bertz CT molecular complexity index is 1190. The first-order valence-electron chi connectivity index (χ1n) is 10.6. The molecule has 0 aliphatic carbocycles. The molecule has 3 heterocycles. The van der Waals surface area contributed by atoms with E-state index in [4.69, 9.17) is 4.74 Å². The van der Waals surface area contributed by atoms with E-state index in [1.165, 1.54) is 23.0 Å². The van der Waals surface area contributed by atoms with E-state index >= 15 is 0 Å². The van der Waals surface area contributed by atoms with Gasteiger partial charge in [-0.05, 0) is 63.9 Å². The van der Waals surface area contributed by atoms with Crippen LogP contribution in [0.2, 0.25) is 0 Å². The van der Waals surface area contributed by atoms with Crippen LogP contribution in [0.4, 0.5) is 9.18 Å². The van der Waals surface area contributed by atoms with Crippen molar-refractivity contribution >= 4 is 17.1 Å². The molecule has 0 radical (unpaired) electrons. The van der Waals surface area contributed by atoms with E-state index in [9.17, 15) is 19.1 Å². The summed E-state index contributed by atoms with van der Waals surface area (Å²) in [5.74, 6) is -0.341. The smallest absolute Gasteiger partial charge is 0.410 e. The standard InChI is InChI=1S/C23H27FN4O4/c1-22(2,3)32-21(30)26-12-9-23(31,10-13-26)14-27-15-25-19-18(20(27)29)8-11-28(19)17-6-4-16(24)5-7-17/h4-8,11,15,31H,9-10,12-14H2,1-3H3. The van der Waals surface area contributed by atoms with Crippen molar-refractivity contribution in [1.82, 2.24) is 19.0 Å². The maximum atomic E-state index is 13.2. The molecule has 1 N–H and O–H groups in total. The summed E-state index contributed by atoms with van der Waals surface area (Å²) in [5, 5.41) is 11.5. The molecular formula is C23H27FN4O4. The second-order valence-corrected chi connectivity index (χ2v) is 9.27. The van der Waals surface area contributed by atoms with Gasteiger partial charge in [-0.2, -0.15) is 0 Å². The molecule has 1 fully saturated rings. The molecular weight excluding hydrogens is 415 g/mol. The van der Waals surface area contributed by atoms with Gasteiger partial charge in [0.1, 0.15) is 17.7 Å². The highest BCUT2D eigenvalue weighted by molar-refractivity contribution is 5.77. The summed E-state index contributed by atoms with van der Waals surface area (Å²) in [7, 11) is 0. The topological polar surface area (TPSA) is 89.6 Å². The van der Waals surface area contributed by atoms with Crippen molar-refractivity contribution in [2.75, 3.05) is 13.1 Å². The largest absolute Gasteiger partial charge is 0.444 e. The van der Waals surface area contributed by atoms with Crippen LogP contribution in [0.5, 0.6) is 0 Å². The number of benzene rings is 1. The molecule has 0 spiro atoms. The average molecular weight is 442 g/mol. The number of halogens is 1. The molecule has 1 amide bonds. The Labute approximate surface area is 184 Å². The first-order chi connectivity index (χ1) is 15.0. The number of fused-ring (bicyclic) bond motifs is 1. The first-order valence-corrected chi connectivity index (χ1v) is 10.6. The van der Waals surface area contributed by atoms with Gasteiger partial charge in [0.05, 0.1) is 17.5 Å². The van der Waals surface area contributed by atoms with E-state index in [0.717, 1.165) is 0 Å². The van der Waals surface area contributed by atoms with Crippen LogP contribution in [0.15, 0.2) is 47.7 Å². The monoisotopic (exact) mass is 442 g/mol. The number of carbonyl (C=O) groups excluding carboxylic acids is 1. The average Bonchev–Trinajstić information content (AvgIpc) is 3.15. The number of carbonyl (C=O) groups is 1. The van der Waals surface area contributed by atoms with Crippen molar-refractivity contribution in [3.63, 3.8) is 0 Å². The molecule has 8 nitrogen and oxygen atoms in total. The van der Waals surface area contributed by atoms with Crippen molar-refractivity contribution in [2.45, 2.75) is 51.4 Å². The molecule has 1 saturated heterocycles. The molecule has 170 valence electrons. The number of nitrogens with zero attached hydrogens (tertiary/aromatic N) is 4. The molecule has 0 saturated carbocycles. The molecule has 0 atom stereocenters. The van der Waals surface area contributed by atoms with Gasteiger partial charge in [0.2, 0.25) is 0 Å². The van der Waals surface area contributed by atoms with Crippen LogP contribution in [-0.2, 0) is 11.3 Å². The van der Waals surface area contributed by atoms with Gasteiger partial charge in [0, 0.05) is 25.0 Å². The van der Waals surface area contributed by atoms with Gasteiger partial charge in [-0.1, -0.05) is 0 Å². The van der Waals surface area contributed by atoms with Crippen LogP contribution >= 0.6 is 0 Å². The summed E-state index contributed by atoms with van der Waals surface area (Å²) in [6.45, 7) is 6.20.